The zero-order valence-electron chi connectivity index (χ0n) is 12.1. The van der Waals surface area contributed by atoms with Crippen LogP contribution >= 0.6 is 0 Å². The van der Waals surface area contributed by atoms with Gasteiger partial charge in [0.25, 0.3) is 0 Å². The van der Waals surface area contributed by atoms with Crippen molar-refractivity contribution in [1.82, 2.24) is 14.9 Å². The molecule has 0 saturated carbocycles. The fraction of sp³-hybridized carbons (Fsp3) is 0.714. The highest BCUT2D eigenvalue weighted by molar-refractivity contribution is 5.35. The summed E-state index contributed by atoms with van der Waals surface area (Å²) < 4.78 is 0. The lowest BCUT2D eigenvalue weighted by molar-refractivity contribution is 0.300. The molecule has 0 radical (unpaired) electrons. The lowest BCUT2D eigenvalue weighted by Crippen LogP contribution is -2.29. The van der Waals surface area contributed by atoms with Crippen LogP contribution in [0.5, 0.6) is 0 Å². The molecule has 1 heterocycles. The van der Waals surface area contributed by atoms with E-state index in [-0.39, 0.29) is 0 Å². The zero-order valence-corrected chi connectivity index (χ0v) is 12.1. The zero-order chi connectivity index (χ0) is 13.4. The van der Waals surface area contributed by atoms with Gasteiger partial charge in [-0.1, -0.05) is 27.7 Å². The van der Waals surface area contributed by atoms with Crippen LogP contribution in [-0.4, -0.2) is 41.0 Å². The number of hydrogen-bond acceptors (Lipinski definition) is 4. The maximum Gasteiger partial charge on any atom is 0.129 e. The Morgan fingerprint density at radius 2 is 2.00 bits per heavy atom. The van der Waals surface area contributed by atoms with E-state index in [1.807, 2.05) is 6.07 Å². The Kier molecular flexibility index (Phi) is 6.65. The second kappa shape index (κ2) is 8.03. The van der Waals surface area contributed by atoms with Crippen LogP contribution in [-0.2, 0) is 0 Å². The molecule has 0 aromatic carbocycles. The van der Waals surface area contributed by atoms with E-state index in [1.165, 1.54) is 13.0 Å². The molecule has 1 rings (SSSR count). The summed E-state index contributed by atoms with van der Waals surface area (Å²) in [6.45, 7) is 13.0. The summed E-state index contributed by atoms with van der Waals surface area (Å²) in [7, 11) is 0. The molecule has 0 aliphatic carbocycles. The summed E-state index contributed by atoms with van der Waals surface area (Å²) in [5.41, 5.74) is 1.09. The molecule has 18 heavy (non-hydrogen) atoms. The second-order valence-electron chi connectivity index (χ2n) is 4.84. The minimum Gasteiger partial charge on any atom is -0.369 e. The quantitative estimate of drug-likeness (QED) is 0.770. The number of anilines is 1. The summed E-state index contributed by atoms with van der Waals surface area (Å²) in [5, 5.41) is 3.37. The standard InChI is InChI=1S/C14H26N4/c1-5-8-18(6-2)9-7-15-14-10-13(12(3)4)16-11-17-14/h10-12H,5-9H2,1-4H3,(H,15,16,17). The van der Waals surface area contributed by atoms with Gasteiger partial charge in [-0.3, -0.25) is 0 Å². The smallest absolute Gasteiger partial charge is 0.129 e. The molecule has 0 amide bonds. The van der Waals surface area contributed by atoms with E-state index in [2.05, 4.69) is 47.9 Å². The molecule has 0 aliphatic rings. The Morgan fingerprint density at radius 1 is 1.22 bits per heavy atom. The van der Waals surface area contributed by atoms with Crippen LogP contribution in [0.3, 0.4) is 0 Å². The van der Waals surface area contributed by atoms with Crippen LogP contribution in [0.4, 0.5) is 5.82 Å². The molecule has 4 heteroatoms. The second-order valence-corrected chi connectivity index (χ2v) is 4.84. The minimum atomic E-state index is 0.445. The van der Waals surface area contributed by atoms with Gasteiger partial charge < -0.3 is 10.2 Å². The number of nitrogens with one attached hydrogen (secondary N) is 1. The number of aromatic nitrogens is 2. The number of hydrogen-bond donors (Lipinski definition) is 1. The van der Waals surface area contributed by atoms with Gasteiger partial charge in [0.2, 0.25) is 0 Å². The van der Waals surface area contributed by atoms with Crippen LogP contribution < -0.4 is 5.32 Å². The van der Waals surface area contributed by atoms with E-state index < -0.39 is 0 Å². The highest BCUT2D eigenvalue weighted by Gasteiger charge is 2.03. The highest BCUT2D eigenvalue weighted by atomic mass is 15.1. The van der Waals surface area contributed by atoms with Gasteiger partial charge in [0.1, 0.15) is 12.1 Å². The molecule has 102 valence electrons. The van der Waals surface area contributed by atoms with E-state index in [0.717, 1.165) is 31.1 Å². The van der Waals surface area contributed by atoms with Crippen molar-refractivity contribution in [3.8, 4) is 0 Å². The normalized spacial score (nSPS) is 11.2. The van der Waals surface area contributed by atoms with Crippen molar-refractivity contribution < 1.29 is 0 Å². The Labute approximate surface area is 111 Å². The first-order valence-corrected chi connectivity index (χ1v) is 6.95. The predicted molar refractivity (Wildman–Crippen MR) is 77.0 cm³/mol. The van der Waals surface area contributed by atoms with E-state index in [9.17, 15) is 0 Å². The highest BCUT2D eigenvalue weighted by Crippen LogP contribution is 2.13. The van der Waals surface area contributed by atoms with Crippen molar-refractivity contribution in [1.29, 1.82) is 0 Å². The van der Waals surface area contributed by atoms with Gasteiger partial charge in [-0.15, -0.1) is 0 Å². The van der Waals surface area contributed by atoms with Crippen molar-refractivity contribution in [2.45, 2.75) is 40.0 Å². The van der Waals surface area contributed by atoms with Crippen LogP contribution in [0.1, 0.15) is 45.7 Å². The molecule has 1 aromatic heterocycles. The van der Waals surface area contributed by atoms with Gasteiger partial charge >= 0.3 is 0 Å². The predicted octanol–water partition coefficient (Wildman–Crippen LogP) is 2.74. The van der Waals surface area contributed by atoms with Crippen molar-refractivity contribution in [2.75, 3.05) is 31.5 Å². The molecule has 0 fully saturated rings. The maximum absolute atomic E-state index is 4.27. The first kappa shape index (κ1) is 14.9. The van der Waals surface area contributed by atoms with Crippen molar-refractivity contribution in [2.24, 2.45) is 0 Å². The summed E-state index contributed by atoms with van der Waals surface area (Å²) in [5.74, 6) is 1.38. The third kappa shape index (κ3) is 5.00. The number of nitrogens with zero attached hydrogens (tertiary/aromatic N) is 3. The molecule has 0 unspecified atom stereocenters. The lowest BCUT2D eigenvalue weighted by Gasteiger charge is -2.19. The van der Waals surface area contributed by atoms with Gasteiger partial charge in [-0.2, -0.15) is 0 Å². The number of rotatable bonds is 8. The third-order valence-electron chi connectivity index (χ3n) is 3.00. The molecular weight excluding hydrogens is 224 g/mol. The van der Waals surface area contributed by atoms with Gasteiger partial charge in [0.05, 0.1) is 0 Å². The SMILES string of the molecule is CCCN(CC)CCNc1cc(C(C)C)ncn1. The third-order valence-corrected chi connectivity index (χ3v) is 3.00. The van der Waals surface area contributed by atoms with E-state index in [4.69, 9.17) is 0 Å². The van der Waals surface area contributed by atoms with Crippen LogP contribution in [0.15, 0.2) is 12.4 Å². The molecule has 0 saturated heterocycles. The van der Waals surface area contributed by atoms with Gasteiger partial charge in [-0.25, -0.2) is 9.97 Å². The molecule has 0 aliphatic heterocycles. The van der Waals surface area contributed by atoms with Gasteiger partial charge in [0, 0.05) is 24.8 Å². The average Bonchev–Trinajstić information content (AvgIpc) is 2.38. The molecule has 0 atom stereocenters. The molecule has 1 aromatic rings. The number of likely N-dealkylation sites (N-methyl/N-ethyl adjacent to an activating group) is 1. The fourth-order valence-corrected chi connectivity index (χ4v) is 1.87. The van der Waals surface area contributed by atoms with Crippen LogP contribution in [0.25, 0.3) is 0 Å². The Morgan fingerprint density at radius 3 is 2.61 bits per heavy atom. The molecule has 4 nitrogen and oxygen atoms in total. The van der Waals surface area contributed by atoms with E-state index in [0.29, 0.717) is 5.92 Å². The largest absolute Gasteiger partial charge is 0.369 e. The monoisotopic (exact) mass is 250 g/mol. The van der Waals surface area contributed by atoms with Crippen molar-refractivity contribution in [3.63, 3.8) is 0 Å². The van der Waals surface area contributed by atoms with E-state index in [1.54, 1.807) is 6.33 Å². The van der Waals surface area contributed by atoms with Crippen LogP contribution in [0.2, 0.25) is 0 Å². The molecule has 1 N–H and O–H groups in total. The summed E-state index contributed by atoms with van der Waals surface area (Å²) in [6, 6.07) is 2.04. The average molecular weight is 250 g/mol. The first-order chi connectivity index (χ1) is 8.67. The van der Waals surface area contributed by atoms with Crippen molar-refractivity contribution >= 4 is 5.82 Å². The van der Waals surface area contributed by atoms with Gasteiger partial charge in [-0.05, 0) is 25.4 Å². The van der Waals surface area contributed by atoms with E-state index >= 15 is 0 Å². The van der Waals surface area contributed by atoms with Crippen LogP contribution in [0, 0.1) is 0 Å². The Hall–Kier alpha value is -1.16. The minimum absolute atomic E-state index is 0.445. The van der Waals surface area contributed by atoms with Gasteiger partial charge in [0.15, 0.2) is 0 Å². The Balaban J connectivity index is 2.41. The van der Waals surface area contributed by atoms with Crippen molar-refractivity contribution in [3.05, 3.63) is 18.1 Å². The Bertz CT molecular complexity index is 338. The molecular formula is C14H26N4. The first-order valence-electron chi connectivity index (χ1n) is 6.95. The lowest BCUT2D eigenvalue weighted by atomic mass is 10.1. The topological polar surface area (TPSA) is 41.0 Å². The molecule has 0 bridgehead atoms. The maximum atomic E-state index is 4.27. The summed E-state index contributed by atoms with van der Waals surface area (Å²) in [4.78, 5) is 11.0. The summed E-state index contributed by atoms with van der Waals surface area (Å²) >= 11 is 0. The fourth-order valence-electron chi connectivity index (χ4n) is 1.87. The molecule has 0 spiro atoms. The summed E-state index contributed by atoms with van der Waals surface area (Å²) in [6.07, 6.45) is 2.85.